The van der Waals surface area contributed by atoms with Gasteiger partial charge in [-0.15, -0.1) is 0 Å². The SMILES string of the molecule is CC(C)c1c(C(=O)NC(CF)C(=O)O)cnn1-c1ccc(Cl)cc1. The zero-order chi connectivity index (χ0) is 17.9. The van der Waals surface area contributed by atoms with Crippen LogP contribution in [0.25, 0.3) is 5.69 Å². The van der Waals surface area contributed by atoms with Gasteiger partial charge in [0, 0.05) is 5.02 Å². The maximum absolute atomic E-state index is 12.7. The molecule has 0 saturated heterocycles. The first-order valence-corrected chi connectivity index (χ1v) is 7.66. The summed E-state index contributed by atoms with van der Waals surface area (Å²) >= 11 is 5.88. The van der Waals surface area contributed by atoms with E-state index in [2.05, 4.69) is 10.4 Å². The molecule has 0 aliphatic rings. The van der Waals surface area contributed by atoms with Crippen LogP contribution in [0.5, 0.6) is 0 Å². The van der Waals surface area contributed by atoms with Gasteiger partial charge in [-0.3, -0.25) is 4.79 Å². The van der Waals surface area contributed by atoms with E-state index in [1.165, 1.54) is 6.20 Å². The Balaban J connectivity index is 2.39. The molecular formula is C16H17ClFN3O3. The molecule has 1 aromatic heterocycles. The number of hydrogen-bond acceptors (Lipinski definition) is 3. The lowest BCUT2D eigenvalue weighted by atomic mass is 10.0. The summed E-state index contributed by atoms with van der Waals surface area (Å²) in [6, 6.07) is 5.32. The van der Waals surface area contributed by atoms with E-state index in [-0.39, 0.29) is 11.5 Å². The minimum atomic E-state index is -1.59. The molecule has 1 heterocycles. The van der Waals surface area contributed by atoms with Crippen molar-refractivity contribution in [2.45, 2.75) is 25.8 Å². The Kier molecular flexibility index (Phi) is 5.56. The van der Waals surface area contributed by atoms with E-state index < -0.39 is 24.6 Å². The van der Waals surface area contributed by atoms with Crippen molar-refractivity contribution < 1.29 is 19.1 Å². The van der Waals surface area contributed by atoms with Crippen molar-refractivity contribution >= 4 is 23.5 Å². The quantitative estimate of drug-likeness (QED) is 0.836. The van der Waals surface area contributed by atoms with Crippen LogP contribution < -0.4 is 5.32 Å². The fraction of sp³-hybridized carbons (Fsp3) is 0.312. The molecule has 2 aromatic rings. The maximum atomic E-state index is 12.7. The summed E-state index contributed by atoms with van der Waals surface area (Å²) in [5.74, 6) is -2.18. The normalized spacial score (nSPS) is 12.2. The lowest BCUT2D eigenvalue weighted by Crippen LogP contribution is -2.42. The van der Waals surface area contributed by atoms with Crippen LogP contribution >= 0.6 is 11.6 Å². The third kappa shape index (κ3) is 3.73. The molecule has 0 radical (unpaired) electrons. The van der Waals surface area contributed by atoms with Crippen LogP contribution in [0.4, 0.5) is 4.39 Å². The first kappa shape index (κ1) is 17.9. The number of amides is 1. The number of hydrogen-bond donors (Lipinski definition) is 2. The first-order chi connectivity index (χ1) is 11.3. The van der Waals surface area contributed by atoms with Crippen molar-refractivity contribution in [3.8, 4) is 5.69 Å². The smallest absolute Gasteiger partial charge is 0.328 e. The maximum Gasteiger partial charge on any atom is 0.328 e. The van der Waals surface area contributed by atoms with Gasteiger partial charge < -0.3 is 10.4 Å². The summed E-state index contributed by atoms with van der Waals surface area (Å²) in [7, 11) is 0. The number of carboxylic acids is 1. The van der Waals surface area contributed by atoms with Crippen molar-refractivity contribution in [3.05, 3.63) is 46.7 Å². The second-order valence-corrected chi connectivity index (χ2v) is 5.94. The van der Waals surface area contributed by atoms with Gasteiger partial charge in [0.2, 0.25) is 0 Å². The highest BCUT2D eigenvalue weighted by atomic mass is 35.5. The van der Waals surface area contributed by atoms with Gasteiger partial charge in [-0.25, -0.2) is 13.9 Å². The number of nitrogens with one attached hydrogen (secondary N) is 1. The highest BCUT2D eigenvalue weighted by molar-refractivity contribution is 6.30. The molecule has 0 fully saturated rings. The predicted molar refractivity (Wildman–Crippen MR) is 87.5 cm³/mol. The van der Waals surface area contributed by atoms with E-state index in [1.54, 1.807) is 28.9 Å². The number of halogens is 2. The van der Waals surface area contributed by atoms with Gasteiger partial charge in [0.15, 0.2) is 6.04 Å². The molecule has 1 aromatic carbocycles. The molecule has 0 saturated carbocycles. The number of aliphatic carboxylic acids is 1. The van der Waals surface area contributed by atoms with E-state index in [9.17, 15) is 14.0 Å². The molecule has 2 rings (SSSR count). The summed E-state index contributed by atoms with van der Waals surface area (Å²) in [6.07, 6.45) is 1.34. The molecule has 0 aliphatic heterocycles. The fourth-order valence-corrected chi connectivity index (χ4v) is 2.40. The number of rotatable bonds is 6. The van der Waals surface area contributed by atoms with Crippen LogP contribution in [0.3, 0.4) is 0 Å². The lowest BCUT2D eigenvalue weighted by Gasteiger charge is -2.14. The third-order valence-corrected chi connectivity index (χ3v) is 3.68. The lowest BCUT2D eigenvalue weighted by molar-refractivity contribution is -0.139. The molecule has 1 amide bonds. The van der Waals surface area contributed by atoms with E-state index >= 15 is 0 Å². The van der Waals surface area contributed by atoms with E-state index in [1.807, 2.05) is 13.8 Å². The zero-order valence-electron chi connectivity index (χ0n) is 13.2. The Hall–Kier alpha value is -2.41. The number of nitrogens with zero attached hydrogens (tertiary/aromatic N) is 2. The number of alkyl halides is 1. The highest BCUT2D eigenvalue weighted by Gasteiger charge is 2.25. The monoisotopic (exact) mass is 353 g/mol. The van der Waals surface area contributed by atoms with Gasteiger partial charge in [0.05, 0.1) is 23.1 Å². The molecule has 2 N–H and O–H groups in total. The van der Waals surface area contributed by atoms with Crippen LogP contribution in [-0.4, -0.2) is 39.5 Å². The van der Waals surface area contributed by atoms with Crippen molar-refractivity contribution in [3.63, 3.8) is 0 Å². The minimum Gasteiger partial charge on any atom is -0.480 e. The molecule has 24 heavy (non-hydrogen) atoms. The summed E-state index contributed by atoms with van der Waals surface area (Å²) in [4.78, 5) is 23.2. The van der Waals surface area contributed by atoms with E-state index in [0.29, 0.717) is 16.4 Å². The summed E-state index contributed by atoms with van der Waals surface area (Å²) in [6.45, 7) is 2.57. The summed E-state index contributed by atoms with van der Waals surface area (Å²) in [5, 5.41) is 15.8. The number of carbonyl (C=O) groups is 2. The van der Waals surface area contributed by atoms with Crippen LogP contribution in [0.15, 0.2) is 30.5 Å². The Morgan fingerprint density at radius 2 is 1.96 bits per heavy atom. The van der Waals surface area contributed by atoms with Crippen molar-refractivity contribution in [2.75, 3.05) is 6.67 Å². The van der Waals surface area contributed by atoms with Gasteiger partial charge in [-0.1, -0.05) is 25.4 Å². The zero-order valence-corrected chi connectivity index (χ0v) is 13.9. The van der Waals surface area contributed by atoms with Crippen molar-refractivity contribution in [1.29, 1.82) is 0 Å². The fourth-order valence-electron chi connectivity index (χ4n) is 2.28. The predicted octanol–water partition coefficient (Wildman–Crippen LogP) is 2.80. The minimum absolute atomic E-state index is 0.0717. The Labute approximate surface area is 143 Å². The third-order valence-electron chi connectivity index (χ3n) is 3.43. The molecule has 0 aliphatic carbocycles. The average molecular weight is 354 g/mol. The van der Waals surface area contributed by atoms with Crippen LogP contribution in [0.2, 0.25) is 5.02 Å². The van der Waals surface area contributed by atoms with Gasteiger partial charge in [0.25, 0.3) is 5.91 Å². The average Bonchev–Trinajstić information content (AvgIpc) is 2.98. The van der Waals surface area contributed by atoms with Crippen LogP contribution in [0, 0.1) is 0 Å². The Bertz CT molecular complexity index is 744. The molecule has 1 atom stereocenters. The Morgan fingerprint density at radius 3 is 2.46 bits per heavy atom. The van der Waals surface area contributed by atoms with Crippen LogP contribution in [0.1, 0.15) is 35.8 Å². The van der Waals surface area contributed by atoms with Crippen molar-refractivity contribution in [2.24, 2.45) is 0 Å². The van der Waals surface area contributed by atoms with E-state index in [0.717, 1.165) is 0 Å². The van der Waals surface area contributed by atoms with Gasteiger partial charge in [-0.2, -0.15) is 5.10 Å². The summed E-state index contributed by atoms with van der Waals surface area (Å²) in [5.41, 5.74) is 1.51. The first-order valence-electron chi connectivity index (χ1n) is 7.28. The number of aromatic nitrogens is 2. The van der Waals surface area contributed by atoms with Crippen molar-refractivity contribution in [1.82, 2.24) is 15.1 Å². The molecule has 8 heteroatoms. The molecule has 0 bridgehead atoms. The topological polar surface area (TPSA) is 84.2 Å². The molecule has 128 valence electrons. The highest BCUT2D eigenvalue weighted by Crippen LogP contribution is 2.24. The number of benzene rings is 1. The molecule has 0 spiro atoms. The Morgan fingerprint density at radius 1 is 1.33 bits per heavy atom. The van der Waals surface area contributed by atoms with E-state index in [4.69, 9.17) is 16.7 Å². The van der Waals surface area contributed by atoms with Crippen LogP contribution in [-0.2, 0) is 4.79 Å². The van der Waals surface area contributed by atoms with Gasteiger partial charge in [0.1, 0.15) is 6.67 Å². The molecule has 1 unspecified atom stereocenters. The number of carbonyl (C=O) groups excluding carboxylic acids is 1. The second-order valence-electron chi connectivity index (χ2n) is 5.50. The molecular weight excluding hydrogens is 337 g/mol. The standard InChI is InChI=1S/C16H17ClFN3O3/c1-9(2)14-12(15(22)20-13(7-18)16(23)24)8-19-21(14)11-5-3-10(17)4-6-11/h3-6,8-9,13H,7H2,1-2H3,(H,20,22)(H,23,24). The molecule has 6 nitrogen and oxygen atoms in total. The summed E-state index contributed by atoms with van der Waals surface area (Å²) < 4.78 is 14.3. The number of carboxylic acid groups (broad SMARTS) is 1. The largest absolute Gasteiger partial charge is 0.480 e. The van der Waals surface area contributed by atoms with Gasteiger partial charge in [-0.05, 0) is 30.2 Å². The van der Waals surface area contributed by atoms with Gasteiger partial charge >= 0.3 is 5.97 Å². The second kappa shape index (κ2) is 7.44.